The first-order valence-electron chi connectivity index (χ1n) is 7.26. The molecule has 0 spiro atoms. The van der Waals surface area contributed by atoms with Crippen molar-refractivity contribution in [3.05, 3.63) is 71.8 Å². The number of nitrogens with zero attached hydrogens (tertiary/aromatic N) is 1. The first-order chi connectivity index (χ1) is 9.72. The molecule has 0 saturated heterocycles. The molecule has 0 aliphatic heterocycles. The Balaban J connectivity index is 2.19. The third-order valence-corrected chi connectivity index (χ3v) is 3.83. The number of hydrogen-bond donors (Lipinski definition) is 1. The standard InChI is InChI=1S/C18H23NO/c1-3-15(2)18(17-12-8-5-9-13-17)19(20)14-16-10-6-4-7-11-16/h4-13,15,18,20H,3,14H2,1-2H3. The summed E-state index contributed by atoms with van der Waals surface area (Å²) in [6.45, 7) is 4.90. The second kappa shape index (κ2) is 7.22. The summed E-state index contributed by atoms with van der Waals surface area (Å²) >= 11 is 0. The van der Waals surface area contributed by atoms with E-state index in [4.69, 9.17) is 0 Å². The van der Waals surface area contributed by atoms with Crippen LogP contribution in [0.3, 0.4) is 0 Å². The maximum absolute atomic E-state index is 10.6. The molecule has 2 unspecified atom stereocenters. The highest BCUT2D eigenvalue weighted by atomic mass is 16.5. The van der Waals surface area contributed by atoms with Crippen molar-refractivity contribution in [2.24, 2.45) is 5.92 Å². The maximum Gasteiger partial charge on any atom is 0.0628 e. The van der Waals surface area contributed by atoms with Crippen LogP contribution in [0, 0.1) is 5.92 Å². The van der Waals surface area contributed by atoms with E-state index in [9.17, 15) is 5.21 Å². The third kappa shape index (κ3) is 3.69. The SMILES string of the molecule is CCC(C)C(c1ccccc1)N(O)Cc1ccccc1. The van der Waals surface area contributed by atoms with Crippen LogP contribution in [0.2, 0.25) is 0 Å². The molecule has 2 aromatic carbocycles. The summed E-state index contributed by atoms with van der Waals surface area (Å²) in [5.41, 5.74) is 2.29. The van der Waals surface area contributed by atoms with E-state index >= 15 is 0 Å². The molecule has 0 aromatic heterocycles. The van der Waals surface area contributed by atoms with Gasteiger partial charge in [-0.1, -0.05) is 80.9 Å². The Kier molecular flexibility index (Phi) is 5.33. The topological polar surface area (TPSA) is 23.5 Å². The van der Waals surface area contributed by atoms with E-state index in [1.165, 1.54) is 10.6 Å². The molecule has 106 valence electrons. The van der Waals surface area contributed by atoms with Crippen molar-refractivity contribution in [1.82, 2.24) is 5.06 Å². The Morgan fingerprint density at radius 2 is 1.50 bits per heavy atom. The average molecular weight is 269 g/mol. The third-order valence-electron chi connectivity index (χ3n) is 3.83. The highest BCUT2D eigenvalue weighted by Gasteiger charge is 2.24. The zero-order valence-electron chi connectivity index (χ0n) is 12.2. The first kappa shape index (κ1) is 14.8. The largest absolute Gasteiger partial charge is 0.313 e. The Morgan fingerprint density at radius 1 is 0.950 bits per heavy atom. The lowest BCUT2D eigenvalue weighted by Gasteiger charge is -2.31. The van der Waals surface area contributed by atoms with Gasteiger partial charge in [0.05, 0.1) is 6.04 Å². The second-order valence-corrected chi connectivity index (χ2v) is 5.32. The normalized spacial score (nSPS) is 14.2. The fourth-order valence-corrected chi connectivity index (χ4v) is 2.54. The van der Waals surface area contributed by atoms with Gasteiger partial charge in [0.15, 0.2) is 0 Å². The summed E-state index contributed by atoms with van der Waals surface area (Å²) < 4.78 is 0. The van der Waals surface area contributed by atoms with Gasteiger partial charge in [-0.05, 0) is 17.0 Å². The van der Waals surface area contributed by atoms with Crippen LogP contribution in [0.1, 0.15) is 37.4 Å². The van der Waals surface area contributed by atoms with Crippen LogP contribution >= 0.6 is 0 Å². The van der Waals surface area contributed by atoms with Crippen LogP contribution < -0.4 is 0 Å². The van der Waals surface area contributed by atoms with Gasteiger partial charge in [-0.3, -0.25) is 0 Å². The Labute approximate surface area is 121 Å². The van der Waals surface area contributed by atoms with E-state index in [2.05, 4.69) is 26.0 Å². The monoisotopic (exact) mass is 269 g/mol. The van der Waals surface area contributed by atoms with Crippen molar-refractivity contribution in [2.45, 2.75) is 32.9 Å². The maximum atomic E-state index is 10.6. The lowest BCUT2D eigenvalue weighted by atomic mass is 9.92. The van der Waals surface area contributed by atoms with E-state index in [0.717, 1.165) is 12.0 Å². The predicted molar refractivity (Wildman–Crippen MR) is 82.4 cm³/mol. The van der Waals surface area contributed by atoms with Crippen molar-refractivity contribution in [2.75, 3.05) is 0 Å². The predicted octanol–water partition coefficient (Wildman–Crippen LogP) is 4.67. The molecule has 0 aliphatic carbocycles. The first-order valence-corrected chi connectivity index (χ1v) is 7.26. The molecule has 0 saturated carbocycles. The second-order valence-electron chi connectivity index (χ2n) is 5.32. The number of hydrogen-bond acceptors (Lipinski definition) is 2. The summed E-state index contributed by atoms with van der Waals surface area (Å²) in [6.07, 6.45) is 1.03. The lowest BCUT2D eigenvalue weighted by molar-refractivity contribution is -0.151. The van der Waals surface area contributed by atoms with Gasteiger partial charge in [0, 0.05) is 6.54 Å². The molecule has 0 aliphatic rings. The Bertz CT molecular complexity index is 497. The van der Waals surface area contributed by atoms with E-state index in [0.29, 0.717) is 12.5 Å². The molecular formula is C18H23NO. The van der Waals surface area contributed by atoms with Crippen LogP contribution in [0.4, 0.5) is 0 Å². The van der Waals surface area contributed by atoms with Gasteiger partial charge >= 0.3 is 0 Å². The van der Waals surface area contributed by atoms with Gasteiger partial charge in [-0.25, -0.2) is 0 Å². The van der Waals surface area contributed by atoms with E-state index in [1.807, 2.05) is 48.5 Å². The molecule has 0 fully saturated rings. The molecule has 0 heterocycles. The average Bonchev–Trinajstić information content (AvgIpc) is 2.49. The summed E-state index contributed by atoms with van der Waals surface area (Å²) in [5, 5.41) is 12.0. The Hall–Kier alpha value is -1.64. The van der Waals surface area contributed by atoms with Crippen LogP contribution in [0.5, 0.6) is 0 Å². The van der Waals surface area contributed by atoms with Crippen LogP contribution in [0.15, 0.2) is 60.7 Å². The lowest BCUT2D eigenvalue weighted by Crippen LogP contribution is -2.29. The highest BCUT2D eigenvalue weighted by Crippen LogP contribution is 2.30. The van der Waals surface area contributed by atoms with Crippen molar-refractivity contribution in [3.8, 4) is 0 Å². The molecule has 20 heavy (non-hydrogen) atoms. The van der Waals surface area contributed by atoms with E-state index < -0.39 is 0 Å². The minimum atomic E-state index is 0.0291. The van der Waals surface area contributed by atoms with Crippen LogP contribution in [-0.2, 0) is 6.54 Å². The Morgan fingerprint density at radius 3 is 2.05 bits per heavy atom. The van der Waals surface area contributed by atoms with Gasteiger partial charge in [0.1, 0.15) is 0 Å². The molecule has 2 nitrogen and oxygen atoms in total. The van der Waals surface area contributed by atoms with E-state index in [1.54, 1.807) is 0 Å². The number of rotatable bonds is 6. The molecule has 2 aromatic rings. The molecule has 2 rings (SSSR count). The smallest absolute Gasteiger partial charge is 0.0628 e. The summed E-state index contributed by atoms with van der Waals surface area (Å²) in [6, 6.07) is 20.4. The fourth-order valence-electron chi connectivity index (χ4n) is 2.54. The quantitative estimate of drug-likeness (QED) is 0.771. The molecule has 2 atom stereocenters. The molecule has 0 amide bonds. The van der Waals surface area contributed by atoms with Crippen molar-refractivity contribution < 1.29 is 5.21 Å². The minimum Gasteiger partial charge on any atom is -0.313 e. The molecule has 0 radical (unpaired) electrons. The van der Waals surface area contributed by atoms with E-state index in [-0.39, 0.29) is 6.04 Å². The summed E-state index contributed by atoms with van der Waals surface area (Å²) in [5.74, 6) is 0.395. The molecular weight excluding hydrogens is 246 g/mol. The molecule has 0 bridgehead atoms. The summed E-state index contributed by atoms with van der Waals surface area (Å²) in [4.78, 5) is 0. The van der Waals surface area contributed by atoms with Gasteiger partial charge in [0.25, 0.3) is 0 Å². The van der Waals surface area contributed by atoms with Crippen molar-refractivity contribution in [1.29, 1.82) is 0 Å². The van der Waals surface area contributed by atoms with Crippen molar-refractivity contribution in [3.63, 3.8) is 0 Å². The van der Waals surface area contributed by atoms with Crippen molar-refractivity contribution >= 4 is 0 Å². The zero-order valence-corrected chi connectivity index (χ0v) is 12.2. The molecule has 2 heteroatoms. The number of hydroxylamine groups is 2. The molecule has 1 N–H and O–H groups in total. The zero-order chi connectivity index (χ0) is 14.4. The highest BCUT2D eigenvalue weighted by molar-refractivity contribution is 5.20. The van der Waals surface area contributed by atoms with Crippen LogP contribution in [-0.4, -0.2) is 10.3 Å². The van der Waals surface area contributed by atoms with Gasteiger partial charge in [-0.15, -0.1) is 0 Å². The fraction of sp³-hybridized carbons (Fsp3) is 0.333. The van der Waals surface area contributed by atoms with Gasteiger partial charge in [0.2, 0.25) is 0 Å². The van der Waals surface area contributed by atoms with Gasteiger partial charge < -0.3 is 5.21 Å². The number of benzene rings is 2. The van der Waals surface area contributed by atoms with Gasteiger partial charge in [-0.2, -0.15) is 5.06 Å². The summed E-state index contributed by atoms with van der Waals surface area (Å²) in [7, 11) is 0. The van der Waals surface area contributed by atoms with Crippen LogP contribution in [0.25, 0.3) is 0 Å². The minimum absolute atomic E-state index is 0.0291.